The van der Waals surface area contributed by atoms with Gasteiger partial charge in [0.2, 0.25) is 10.0 Å². The molecule has 0 aromatic heterocycles. The minimum absolute atomic E-state index is 0.116. The van der Waals surface area contributed by atoms with E-state index in [1.807, 2.05) is 32.9 Å². The van der Waals surface area contributed by atoms with Crippen molar-refractivity contribution in [2.45, 2.75) is 25.7 Å². The number of sulfonamides is 1. The van der Waals surface area contributed by atoms with E-state index in [0.717, 1.165) is 5.56 Å². The summed E-state index contributed by atoms with van der Waals surface area (Å²) in [6.45, 7) is 8.97. The molecule has 1 aromatic rings. The van der Waals surface area contributed by atoms with Crippen LogP contribution in [0.4, 0.5) is 0 Å². The van der Waals surface area contributed by atoms with Gasteiger partial charge in [-0.15, -0.1) is 0 Å². The fraction of sp³-hybridized carbons (Fsp3) is 0.600. The molecule has 6 heteroatoms. The van der Waals surface area contributed by atoms with Crippen molar-refractivity contribution in [1.82, 2.24) is 9.21 Å². The van der Waals surface area contributed by atoms with E-state index in [0.29, 0.717) is 37.6 Å². The fourth-order valence-corrected chi connectivity index (χ4v) is 3.62. The topological polar surface area (TPSA) is 60.9 Å². The first kappa shape index (κ1) is 18.1. The Hall–Kier alpha value is -0.950. The lowest BCUT2D eigenvalue weighted by Gasteiger charge is -2.33. The van der Waals surface area contributed by atoms with Crippen LogP contribution in [0, 0.1) is 6.92 Å². The average Bonchev–Trinajstić information content (AvgIpc) is 2.51. The van der Waals surface area contributed by atoms with Gasteiger partial charge in [-0.2, -0.15) is 4.31 Å². The summed E-state index contributed by atoms with van der Waals surface area (Å²) in [5.41, 5.74) is 1.05. The Bertz CT molecular complexity index is 506. The molecule has 120 valence electrons. The lowest BCUT2D eigenvalue weighted by atomic mass is 10.2. The minimum Gasteiger partial charge on any atom is -0.395 e. The smallest absolute Gasteiger partial charge is 0.243 e. The van der Waals surface area contributed by atoms with Gasteiger partial charge in [0.05, 0.1) is 11.5 Å². The highest BCUT2D eigenvalue weighted by atomic mass is 32.2. The predicted octanol–water partition coefficient (Wildman–Crippen LogP) is 1.32. The zero-order chi connectivity index (χ0) is 15.9. The van der Waals surface area contributed by atoms with Crippen LogP contribution in [0.25, 0.3) is 0 Å². The molecule has 0 radical (unpaired) electrons. The molecule has 0 aliphatic carbocycles. The van der Waals surface area contributed by atoms with Gasteiger partial charge in [-0.1, -0.05) is 31.5 Å². The molecular weight excluding hydrogens is 288 g/mol. The number of hydrogen-bond donors (Lipinski definition) is 1. The Morgan fingerprint density at radius 2 is 1.57 bits per heavy atom. The van der Waals surface area contributed by atoms with Crippen LogP contribution in [0.5, 0.6) is 0 Å². The van der Waals surface area contributed by atoms with E-state index in [9.17, 15) is 8.42 Å². The van der Waals surface area contributed by atoms with Crippen LogP contribution in [0.2, 0.25) is 0 Å². The third kappa shape index (κ3) is 4.78. The van der Waals surface area contributed by atoms with Crippen molar-refractivity contribution < 1.29 is 13.5 Å². The number of hydrogen-bond acceptors (Lipinski definition) is 4. The summed E-state index contributed by atoms with van der Waals surface area (Å²) in [4.78, 5) is 2.43. The van der Waals surface area contributed by atoms with E-state index < -0.39 is 10.0 Å². The minimum atomic E-state index is -3.37. The van der Waals surface area contributed by atoms with Crippen molar-refractivity contribution in [2.75, 3.05) is 39.3 Å². The summed E-state index contributed by atoms with van der Waals surface area (Å²) < 4.78 is 26.4. The summed E-state index contributed by atoms with van der Waals surface area (Å²) in [5.74, 6) is 0. The molecule has 1 aliphatic rings. The van der Waals surface area contributed by atoms with Crippen LogP contribution in [0.1, 0.15) is 19.4 Å². The number of aryl methyl sites for hydroxylation is 1. The summed E-state index contributed by atoms with van der Waals surface area (Å²) in [7, 11) is -3.37. The van der Waals surface area contributed by atoms with Crippen molar-refractivity contribution in [1.29, 1.82) is 0 Å². The Kier molecular flexibility index (Phi) is 7.31. The number of benzene rings is 1. The first-order valence-corrected chi connectivity index (χ1v) is 8.88. The van der Waals surface area contributed by atoms with Crippen molar-refractivity contribution in [3.63, 3.8) is 0 Å². The first-order chi connectivity index (χ1) is 10.0. The number of β-amino-alcohol motifs (C(OH)–C–C–N with tert-alkyl or cyclic N) is 1. The Morgan fingerprint density at radius 1 is 1.05 bits per heavy atom. The molecule has 5 nitrogen and oxygen atoms in total. The number of nitrogens with zero attached hydrogens (tertiary/aromatic N) is 2. The van der Waals surface area contributed by atoms with E-state index in [1.165, 1.54) is 4.31 Å². The molecule has 1 saturated heterocycles. The number of rotatable bonds is 4. The highest BCUT2D eigenvalue weighted by Crippen LogP contribution is 2.17. The summed E-state index contributed by atoms with van der Waals surface area (Å²) in [6.07, 6.45) is 0. The van der Waals surface area contributed by atoms with Crippen LogP contribution in [-0.2, 0) is 10.0 Å². The van der Waals surface area contributed by atoms with Gasteiger partial charge in [-0.3, -0.25) is 4.90 Å². The zero-order valence-electron chi connectivity index (χ0n) is 13.1. The standard InChI is InChI=1S/C13H20N2O3S.C2H6/c1-12-2-4-13(5-3-12)19(17,18)15-8-6-14(7-9-15)10-11-16;1-2/h2-5,16H,6-11H2,1H3;1-2H3. The maximum absolute atomic E-state index is 12.4. The lowest BCUT2D eigenvalue weighted by Crippen LogP contribution is -2.49. The van der Waals surface area contributed by atoms with Crippen molar-refractivity contribution in [2.24, 2.45) is 0 Å². The van der Waals surface area contributed by atoms with E-state index in [4.69, 9.17) is 5.11 Å². The molecule has 1 aliphatic heterocycles. The van der Waals surface area contributed by atoms with Gasteiger partial charge in [0.15, 0.2) is 0 Å². The molecule has 0 bridgehead atoms. The summed E-state index contributed by atoms with van der Waals surface area (Å²) in [5, 5.41) is 8.87. The molecular formula is C15H26N2O3S. The van der Waals surface area contributed by atoms with E-state index in [-0.39, 0.29) is 6.61 Å². The number of aliphatic hydroxyl groups excluding tert-OH is 1. The molecule has 0 unspecified atom stereocenters. The van der Waals surface area contributed by atoms with Gasteiger partial charge in [-0.05, 0) is 19.1 Å². The molecule has 21 heavy (non-hydrogen) atoms. The molecule has 1 aromatic carbocycles. The van der Waals surface area contributed by atoms with Gasteiger partial charge < -0.3 is 5.11 Å². The molecule has 1 heterocycles. The molecule has 0 spiro atoms. The Labute approximate surface area is 128 Å². The molecule has 1 N–H and O–H groups in total. The maximum atomic E-state index is 12.4. The first-order valence-electron chi connectivity index (χ1n) is 7.44. The van der Waals surface area contributed by atoms with Crippen LogP contribution in [0.15, 0.2) is 29.2 Å². The molecule has 0 saturated carbocycles. The van der Waals surface area contributed by atoms with E-state index in [1.54, 1.807) is 12.1 Å². The summed E-state index contributed by atoms with van der Waals surface area (Å²) in [6, 6.07) is 6.94. The van der Waals surface area contributed by atoms with Crippen LogP contribution in [-0.4, -0.2) is 62.1 Å². The van der Waals surface area contributed by atoms with Gasteiger partial charge >= 0.3 is 0 Å². The van der Waals surface area contributed by atoms with Gasteiger partial charge in [0.25, 0.3) is 0 Å². The lowest BCUT2D eigenvalue weighted by molar-refractivity contribution is 0.151. The molecule has 0 amide bonds. The second-order valence-corrected chi connectivity index (χ2v) is 6.72. The third-order valence-corrected chi connectivity index (χ3v) is 5.32. The quantitative estimate of drug-likeness (QED) is 0.910. The van der Waals surface area contributed by atoms with Gasteiger partial charge in [0.1, 0.15) is 0 Å². The Balaban J connectivity index is 0.00000106. The second kappa shape index (κ2) is 8.48. The second-order valence-electron chi connectivity index (χ2n) is 4.78. The maximum Gasteiger partial charge on any atom is 0.243 e. The fourth-order valence-electron chi connectivity index (χ4n) is 2.19. The van der Waals surface area contributed by atoms with Crippen LogP contribution < -0.4 is 0 Å². The summed E-state index contributed by atoms with van der Waals surface area (Å²) >= 11 is 0. The number of aliphatic hydroxyl groups is 1. The van der Waals surface area contributed by atoms with Crippen molar-refractivity contribution in [3.05, 3.63) is 29.8 Å². The highest BCUT2D eigenvalue weighted by molar-refractivity contribution is 7.89. The number of piperazine rings is 1. The largest absolute Gasteiger partial charge is 0.395 e. The zero-order valence-corrected chi connectivity index (χ0v) is 13.9. The Morgan fingerprint density at radius 3 is 2.05 bits per heavy atom. The molecule has 2 rings (SSSR count). The molecule has 0 atom stereocenters. The normalized spacial score (nSPS) is 17.1. The SMILES string of the molecule is CC.Cc1ccc(S(=O)(=O)N2CCN(CCO)CC2)cc1. The van der Waals surface area contributed by atoms with Gasteiger partial charge in [-0.25, -0.2) is 8.42 Å². The third-order valence-electron chi connectivity index (χ3n) is 3.41. The van der Waals surface area contributed by atoms with Gasteiger partial charge in [0, 0.05) is 32.7 Å². The van der Waals surface area contributed by atoms with Crippen LogP contribution in [0.3, 0.4) is 0 Å². The van der Waals surface area contributed by atoms with E-state index >= 15 is 0 Å². The van der Waals surface area contributed by atoms with Crippen molar-refractivity contribution >= 4 is 10.0 Å². The van der Waals surface area contributed by atoms with Crippen LogP contribution >= 0.6 is 0 Å². The van der Waals surface area contributed by atoms with Crippen molar-refractivity contribution in [3.8, 4) is 0 Å². The highest BCUT2D eigenvalue weighted by Gasteiger charge is 2.27. The average molecular weight is 314 g/mol. The monoisotopic (exact) mass is 314 g/mol. The molecule has 1 fully saturated rings. The van der Waals surface area contributed by atoms with E-state index in [2.05, 4.69) is 4.90 Å². The predicted molar refractivity (Wildman–Crippen MR) is 84.8 cm³/mol.